The van der Waals surface area contributed by atoms with E-state index in [1.54, 1.807) is 61.5 Å². The summed E-state index contributed by atoms with van der Waals surface area (Å²) in [7, 11) is 0. The van der Waals surface area contributed by atoms with Crippen LogP contribution in [0.2, 0.25) is 0 Å². The molecule has 2 aromatic carbocycles. The number of furan rings is 1. The second-order valence-corrected chi connectivity index (χ2v) is 7.38. The minimum Gasteiger partial charge on any atom is -0.462 e. The third-order valence-electron chi connectivity index (χ3n) is 5.10. The number of anilines is 1. The minimum atomic E-state index is -0.540. The molecule has 0 atom stereocenters. The monoisotopic (exact) mass is 447 g/mol. The Hall–Kier alpha value is -4.40. The molecule has 0 bridgehead atoms. The van der Waals surface area contributed by atoms with E-state index in [0.717, 1.165) is 4.57 Å². The van der Waals surface area contributed by atoms with Gasteiger partial charge in [-0.3, -0.25) is 14.2 Å². The summed E-state index contributed by atoms with van der Waals surface area (Å²) < 4.78 is 11.4. The Morgan fingerprint density at radius 1 is 1.09 bits per heavy atom. The topological polar surface area (TPSA) is 123 Å². The van der Waals surface area contributed by atoms with Gasteiger partial charge in [0.25, 0.3) is 11.5 Å². The van der Waals surface area contributed by atoms with Crippen molar-refractivity contribution in [3.63, 3.8) is 0 Å². The molecule has 33 heavy (non-hydrogen) atoms. The van der Waals surface area contributed by atoms with E-state index in [9.17, 15) is 19.2 Å². The van der Waals surface area contributed by atoms with Crippen molar-refractivity contribution < 1.29 is 18.7 Å². The average Bonchev–Trinajstić information content (AvgIpc) is 3.35. The molecule has 0 aliphatic carbocycles. The summed E-state index contributed by atoms with van der Waals surface area (Å²) in [6, 6.07) is 14.7. The molecule has 0 saturated heterocycles. The molecule has 2 aromatic heterocycles. The Balaban J connectivity index is 1.34. The Labute approximate surface area is 187 Å². The number of carbonyl (C=O) groups excluding carboxylic acids is 2. The van der Waals surface area contributed by atoms with Crippen LogP contribution in [-0.2, 0) is 11.3 Å². The van der Waals surface area contributed by atoms with Crippen LogP contribution in [0, 0.1) is 6.92 Å². The Morgan fingerprint density at radius 3 is 2.67 bits per heavy atom. The van der Waals surface area contributed by atoms with Gasteiger partial charge in [0.1, 0.15) is 0 Å². The lowest BCUT2D eigenvalue weighted by Crippen LogP contribution is -2.35. The molecular weight excluding hydrogens is 426 g/mol. The van der Waals surface area contributed by atoms with Gasteiger partial charge in [0.05, 0.1) is 29.3 Å². The fraction of sp³-hybridized carbons (Fsp3) is 0.167. The fourth-order valence-electron chi connectivity index (χ4n) is 3.40. The van der Waals surface area contributed by atoms with E-state index < -0.39 is 17.6 Å². The molecule has 1 amide bonds. The summed E-state index contributed by atoms with van der Waals surface area (Å²) in [5.41, 5.74) is 1.14. The van der Waals surface area contributed by atoms with Gasteiger partial charge in [-0.15, -0.1) is 0 Å². The van der Waals surface area contributed by atoms with Crippen LogP contribution in [0.15, 0.2) is 74.9 Å². The summed E-state index contributed by atoms with van der Waals surface area (Å²) >= 11 is 0. The molecule has 0 spiro atoms. The number of aryl methyl sites for hydroxylation is 1. The molecule has 0 unspecified atom stereocenters. The molecular formula is C24H21N3O6. The number of H-pyrrole nitrogens is 1. The van der Waals surface area contributed by atoms with E-state index in [4.69, 9.17) is 9.15 Å². The molecule has 9 nitrogen and oxygen atoms in total. The zero-order chi connectivity index (χ0) is 23.4. The van der Waals surface area contributed by atoms with E-state index in [-0.39, 0.29) is 24.5 Å². The third-order valence-corrected chi connectivity index (χ3v) is 5.10. The first kappa shape index (κ1) is 21.8. The highest BCUT2D eigenvalue weighted by Crippen LogP contribution is 2.18. The zero-order valence-corrected chi connectivity index (χ0v) is 17.8. The van der Waals surface area contributed by atoms with Crippen LogP contribution in [0.1, 0.15) is 32.9 Å². The van der Waals surface area contributed by atoms with Crippen molar-refractivity contribution in [1.82, 2.24) is 9.55 Å². The summed E-state index contributed by atoms with van der Waals surface area (Å²) in [5.74, 6) is -0.749. The SMILES string of the molecule is Cc1cc(C(=O)OCCCn2c(=O)[nH]c3ccccc3c2=O)ccc1NC(=O)c1ccco1. The number of aromatic amines is 1. The molecule has 0 aliphatic rings. The van der Waals surface area contributed by atoms with Gasteiger partial charge in [0.2, 0.25) is 0 Å². The number of esters is 1. The number of rotatable bonds is 7. The number of hydrogen-bond acceptors (Lipinski definition) is 6. The van der Waals surface area contributed by atoms with Gasteiger partial charge >= 0.3 is 11.7 Å². The van der Waals surface area contributed by atoms with Crippen LogP contribution >= 0.6 is 0 Å². The number of nitrogens with one attached hydrogen (secondary N) is 2. The molecule has 0 aliphatic heterocycles. The first-order valence-corrected chi connectivity index (χ1v) is 10.3. The lowest BCUT2D eigenvalue weighted by atomic mass is 10.1. The maximum Gasteiger partial charge on any atom is 0.338 e. The van der Waals surface area contributed by atoms with Crippen molar-refractivity contribution in [3.8, 4) is 0 Å². The Bertz CT molecular complexity index is 1430. The summed E-state index contributed by atoms with van der Waals surface area (Å²) in [4.78, 5) is 51.9. The normalized spacial score (nSPS) is 10.8. The number of fused-ring (bicyclic) bond motifs is 1. The van der Waals surface area contributed by atoms with Crippen molar-refractivity contribution in [2.45, 2.75) is 19.9 Å². The third kappa shape index (κ3) is 4.77. The maximum absolute atomic E-state index is 12.5. The Kier molecular flexibility index (Phi) is 6.21. The number of nitrogens with zero attached hydrogens (tertiary/aromatic N) is 1. The molecule has 9 heteroatoms. The molecule has 0 radical (unpaired) electrons. The predicted octanol–water partition coefficient (Wildman–Crippen LogP) is 3.09. The largest absolute Gasteiger partial charge is 0.462 e. The van der Waals surface area contributed by atoms with Gasteiger partial charge in [-0.2, -0.15) is 0 Å². The van der Waals surface area contributed by atoms with E-state index in [1.165, 1.54) is 6.26 Å². The number of aromatic nitrogens is 2. The summed E-state index contributed by atoms with van der Waals surface area (Å²) in [6.07, 6.45) is 1.71. The second-order valence-electron chi connectivity index (χ2n) is 7.38. The molecule has 2 heterocycles. The quantitative estimate of drug-likeness (QED) is 0.331. The van der Waals surface area contributed by atoms with E-state index in [1.807, 2.05) is 0 Å². The average molecular weight is 447 g/mol. The molecule has 2 N–H and O–H groups in total. The highest BCUT2D eigenvalue weighted by molar-refractivity contribution is 6.03. The highest BCUT2D eigenvalue weighted by Gasteiger charge is 2.13. The number of carbonyl (C=O) groups is 2. The first-order valence-electron chi connectivity index (χ1n) is 10.3. The molecule has 4 aromatic rings. The van der Waals surface area contributed by atoms with Crippen LogP contribution in [0.5, 0.6) is 0 Å². The number of amides is 1. The van der Waals surface area contributed by atoms with Gasteiger partial charge in [0, 0.05) is 12.2 Å². The van der Waals surface area contributed by atoms with Crippen molar-refractivity contribution >= 4 is 28.5 Å². The molecule has 0 fully saturated rings. The minimum absolute atomic E-state index is 0.0353. The van der Waals surface area contributed by atoms with Crippen molar-refractivity contribution in [2.75, 3.05) is 11.9 Å². The fourth-order valence-corrected chi connectivity index (χ4v) is 3.40. The van der Waals surface area contributed by atoms with Crippen LogP contribution < -0.4 is 16.6 Å². The maximum atomic E-state index is 12.5. The first-order chi connectivity index (χ1) is 15.9. The smallest absolute Gasteiger partial charge is 0.338 e. The second kappa shape index (κ2) is 9.39. The van der Waals surface area contributed by atoms with Crippen molar-refractivity contribution in [3.05, 3.63) is 98.6 Å². The molecule has 0 saturated carbocycles. The number of hydrogen-bond donors (Lipinski definition) is 2. The van der Waals surface area contributed by atoms with Gasteiger partial charge in [-0.25, -0.2) is 9.59 Å². The van der Waals surface area contributed by atoms with Crippen LogP contribution in [0.3, 0.4) is 0 Å². The van der Waals surface area contributed by atoms with Gasteiger partial charge in [-0.05, 0) is 61.4 Å². The Morgan fingerprint density at radius 2 is 1.91 bits per heavy atom. The predicted molar refractivity (Wildman–Crippen MR) is 122 cm³/mol. The van der Waals surface area contributed by atoms with Crippen LogP contribution in [-0.4, -0.2) is 28.0 Å². The van der Waals surface area contributed by atoms with Gasteiger partial charge in [0.15, 0.2) is 5.76 Å². The van der Waals surface area contributed by atoms with E-state index in [2.05, 4.69) is 10.3 Å². The van der Waals surface area contributed by atoms with E-state index >= 15 is 0 Å². The molecule has 168 valence electrons. The van der Waals surface area contributed by atoms with Crippen LogP contribution in [0.25, 0.3) is 10.9 Å². The molecule has 4 rings (SSSR count). The van der Waals surface area contributed by atoms with Crippen LogP contribution in [0.4, 0.5) is 5.69 Å². The van der Waals surface area contributed by atoms with E-state index in [0.29, 0.717) is 34.1 Å². The zero-order valence-electron chi connectivity index (χ0n) is 17.8. The summed E-state index contributed by atoms with van der Waals surface area (Å²) in [5, 5.41) is 3.14. The van der Waals surface area contributed by atoms with Gasteiger partial charge < -0.3 is 19.5 Å². The number of benzene rings is 2. The standard InChI is InChI=1S/C24H21N3O6/c1-15-14-16(9-10-18(15)25-21(28)20-8-4-12-32-20)23(30)33-13-5-11-27-22(29)17-6-2-3-7-19(17)26-24(27)31/h2-4,6-10,12,14H,5,11,13H2,1H3,(H,25,28)(H,26,31). The number of para-hydroxylation sites is 1. The number of ether oxygens (including phenoxy) is 1. The van der Waals surface area contributed by atoms with Crippen molar-refractivity contribution in [2.24, 2.45) is 0 Å². The highest BCUT2D eigenvalue weighted by atomic mass is 16.5. The van der Waals surface area contributed by atoms with Gasteiger partial charge in [-0.1, -0.05) is 12.1 Å². The summed E-state index contributed by atoms with van der Waals surface area (Å²) in [6.45, 7) is 1.91. The lowest BCUT2D eigenvalue weighted by Gasteiger charge is -2.10. The van der Waals surface area contributed by atoms with Crippen molar-refractivity contribution in [1.29, 1.82) is 0 Å². The lowest BCUT2D eigenvalue weighted by molar-refractivity contribution is 0.0495.